The molecule has 0 aliphatic rings. The summed E-state index contributed by atoms with van der Waals surface area (Å²) in [6.07, 6.45) is 1.81. The van der Waals surface area contributed by atoms with Gasteiger partial charge in [-0.05, 0) is 58.7 Å². The summed E-state index contributed by atoms with van der Waals surface area (Å²) >= 11 is 2.32. The van der Waals surface area contributed by atoms with Crippen molar-refractivity contribution in [3.63, 3.8) is 0 Å². The van der Waals surface area contributed by atoms with Gasteiger partial charge in [0.15, 0.2) is 0 Å². The van der Waals surface area contributed by atoms with Gasteiger partial charge in [-0.25, -0.2) is 0 Å². The van der Waals surface area contributed by atoms with Crippen molar-refractivity contribution >= 4 is 22.6 Å². The molecule has 0 heterocycles. The predicted octanol–water partition coefficient (Wildman–Crippen LogP) is 4.10. The van der Waals surface area contributed by atoms with Gasteiger partial charge in [0.05, 0.1) is 0 Å². The third kappa shape index (κ3) is 3.12. The highest BCUT2D eigenvalue weighted by Crippen LogP contribution is 2.26. The van der Waals surface area contributed by atoms with Gasteiger partial charge in [0, 0.05) is 9.11 Å². The summed E-state index contributed by atoms with van der Waals surface area (Å²) < 4.78 is 1.26. The third-order valence-electron chi connectivity index (χ3n) is 3.41. The molecule has 0 aliphatic carbocycles. The Balaban J connectivity index is 2.26. The van der Waals surface area contributed by atoms with E-state index in [0.29, 0.717) is 0 Å². The number of hydrogen-bond donors (Lipinski definition) is 1. The number of rotatable bonds is 4. The fourth-order valence-corrected chi connectivity index (χ4v) is 2.53. The van der Waals surface area contributed by atoms with E-state index in [4.69, 9.17) is 5.73 Å². The van der Waals surface area contributed by atoms with Gasteiger partial charge in [0.2, 0.25) is 0 Å². The first-order valence-corrected chi connectivity index (χ1v) is 7.31. The Morgan fingerprint density at radius 2 is 1.61 bits per heavy atom. The fourth-order valence-electron chi connectivity index (χ4n) is 2.17. The fraction of sp³-hybridized carbons (Fsp3) is 0.250. The Hall–Kier alpha value is -0.870. The first-order valence-electron chi connectivity index (χ1n) is 6.23. The molecule has 1 unspecified atom stereocenters. The van der Waals surface area contributed by atoms with Gasteiger partial charge in [-0.2, -0.15) is 0 Å². The van der Waals surface area contributed by atoms with Crippen LogP contribution in [0.2, 0.25) is 0 Å². The van der Waals surface area contributed by atoms with E-state index in [-0.39, 0.29) is 5.54 Å². The second-order valence-electron chi connectivity index (χ2n) is 4.68. The Morgan fingerprint density at radius 3 is 2.17 bits per heavy atom. The molecule has 0 saturated carbocycles. The zero-order chi connectivity index (χ0) is 13.0. The summed E-state index contributed by atoms with van der Waals surface area (Å²) in [6, 6.07) is 19.0. The molecule has 0 radical (unpaired) electrons. The molecule has 0 aliphatic heterocycles. The van der Waals surface area contributed by atoms with Crippen LogP contribution in [0.25, 0.3) is 0 Å². The highest BCUT2D eigenvalue weighted by Gasteiger charge is 2.25. The first kappa shape index (κ1) is 13.6. The second-order valence-corrected chi connectivity index (χ2v) is 5.92. The van der Waals surface area contributed by atoms with Crippen LogP contribution in [-0.2, 0) is 12.0 Å². The van der Waals surface area contributed by atoms with Crippen molar-refractivity contribution in [1.29, 1.82) is 0 Å². The van der Waals surface area contributed by atoms with Gasteiger partial charge >= 0.3 is 0 Å². The van der Waals surface area contributed by atoms with Gasteiger partial charge in [-0.3, -0.25) is 0 Å². The zero-order valence-electron chi connectivity index (χ0n) is 10.6. The van der Waals surface area contributed by atoms with Crippen molar-refractivity contribution < 1.29 is 0 Å². The Kier molecular flexibility index (Phi) is 4.40. The molecule has 0 aromatic heterocycles. The average molecular weight is 351 g/mol. The van der Waals surface area contributed by atoms with Gasteiger partial charge in [0.25, 0.3) is 0 Å². The smallest absolute Gasteiger partial charge is 0.0447 e. The molecular formula is C16H18IN. The Labute approximate surface area is 123 Å². The molecule has 1 atom stereocenters. The van der Waals surface area contributed by atoms with Crippen LogP contribution in [0.4, 0.5) is 0 Å². The molecule has 1 nitrogen and oxygen atoms in total. The van der Waals surface area contributed by atoms with Gasteiger partial charge in [0.1, 0.15) is 0 Å². The molecule has 94 valence electrons. The molecule has 0 saturated heterocycles. The van der Waals surface area contributed by atoms with E-state index < -0.39 is 0 Å². The normalized spacial score (nSPS) is 14.2. The number of nitrogens with two attached hydrogens (primary N) is 1. The van der Waals surface area contributed by atoms with E-state index in [0.717, 1.165) is 12.8 Å². The van der Waals surface area contributed by atoms with E-state index >= 15 is 0 Å². The maximum Gasteiger partial charge on any atom is 0.0447 e. The minimum Gasteiger partial charge on any atom is -0.321 e. The topological polar surface area (TPSA) is 26.0 Å². The molecular weight excluding hydrogens is 333 g/mol. The lowest BCUT2D eigenvalue weighted by Gasteiger charge is -2.29. The molecule has 18 heavy (non-hydrogen) atoms. The number of benzene rings is 2. The maximum absolute atomic E-state index is 6.59. The van der Waals surface area contributed by atoms with Gasteiger partial charge in [-0.1, -0.05) is 49.4 Å². The zero-order valence-corrected chi connectivity index (χ0v) is 12.7. The van der Waals surface area contributed by atoms with Gasteiger partial charge < -0.3 is 5.73 Å². The van der Waals surface area contributed by atoms with Crippen molar-refractivity contribution in [1.82, 2.24) is 0 Å². The Morgan fingerprint density at radius 1 is 1.00 bits per heavy atom. The lowest BCUT2D eigenvalue weighted by Crippen LogP contribution is -2.38. The van der Waals surface area contributed by atoms with E-state index in [2.05, 4.69) is 78.0 Å². The number of hydrogen-bond acceptors (Lipinski definition) is 1. The molecule has 2 aromatic carbocycles. The standard InChI is InChI=1S/C16H18IN/c1-2-16(18,14-6-4-3-5-7-14)12-13-8-10-15(17)11-9-13/h3-11H,2,12,18H2,1H3. The highest BCUT2D eigenvalue weighted by molar-refractivity contribution is 14.1. The largest absolute Gasteiger partial charge is 0.321 e. The van der Waals surface area contributed by atoms with E-state index in [9.17, 15) is 0 Å². The van der Waals surface area contributed by atoms with Crippen molar-refractivity contribution in [2.24, 2.45) is 5.73 Å². The minimum absolute atomic E-state index is 0.270. The molecule has 0 amide bonds. The lowest BCUT2D eigenvalue weighted by molar-refractivity contribution is 0.425. The quantitative estimate of drug-likeness (QED) is 0.825. The summed E-state index contributed by atoms with van der Waals surface area (Å²) in [6.45, 7) is 2.15. The summed E-state index contributed by atoms with van der Waals surface area (Å²) in [4.78, 5) is 0. The van der Waals surface area contributed by atoms with Crippen molar-refractivity contribution in [2.75, 3.05) is 0 Å². The van der Waals surface area contributed by atoms with Crippen LogP contribution in [-0.4, -0.2) is 0 Å². The molecule has 2 heteroatoms. The third-order valence-corrected chi connectivity index (χ3v) is 4.13. The molecule has 0 fully saturated rings. The molecule has 0 bridgehead atoms. The summed E-state index contributed by atoms with van der Waals surface area (Å²) in [5, 5.41) is 0. The van der Waals surface area contributed by atoms with Crippen LogP contribution >= 0.6 is 22.6 Å². The van der Waals surface area contributed by atoms with Crippen LogP contribution in [0, 0.1) is 3.57 Å². The Bertz CT molecular complexity index is 492. The van der Waals surface area contributed by atoms with Crippen LogP contribution in [0.15, 0.2) is 54.6 Å². The van der Waals surface area contributed by atoms with Crippen LogP contribution in [0.3, 0.4) is 0 Å². The highest BCUT2D eigenvalue weighted by atomic mass is 127. The maximum atomic E-state index is 6.59. The van der Waals surface area contributed by atoms with E-state index in [1.54, 1.807) is 0 Å². The van der Waals surface area contributed by atoms with Gasteiger partial charge in [-0.15, -0.1) is 0 Å². The van der Waals surface area contributed by atoms with E-state index in [1.165, 1.54) is 14.7 Å². The predicted molar refractivity (Wildman–Crippen MR) is 85.5 cm³/mol. The summed E-state index contributed by atoms with van der Waals surface area (Å²) in [5.74, 6) is 0. The monoisotopic (exact) mass is 351 g/mol. The lowest BCUT2D eigenvalue weighted by atomic mass is 9.83. The van der Waals surface area contributed by atoms with Crippen LogP contribution < -0.4 is 5.73 Å². The first-order chi connectivity index (χ1) is 8.64. The van der Waals surface area contributed by atoms with Crippen molar-refractivity contribution in [3.05, 3.63) is 69.3 Å². The average Bonchev–Trinajstić information content (AvgIpc) is 2.42. The molecule has 2 N–H and O–H groups in total. The molecule has 2 aromatic rings. The SMILES string of the molecule is CCC(N)(Cc1ccc(I)cc1)c1ccccc1. The summed E-state index contributed by atoms with van der Waals surface area (Å²) in [5.41, 5.74) is 8.83. The minimum atomic E-state index is -0.270. The van der Waals surface area contributed by atoms with Crippen molar-refractivity contribution in [2.45, 2.75) is 25.3 Å². The second kappa shape index (κ2) is 5.85. The van der Waals surface area contributed by atoms with Crippen LogP contribution in [0.1, 0.15) is 24.5 Å². The molecule has 2 rings (SSSR count). The van der Waals surface area contributed by atoms with Crippen molar-refractivity contribution in [3.8, 4) is 0 Å². The molecule has 0 spiro atoms. The van der Waals surface area contributed by atoms with E-state index in [1.807, 2.05) is 6.07 Å². The number of halogens is 1. The summed E-state index contributed by atoms with van der Waals surface area (Å²) in [7, 11) is 0. The van der Waals surface area contributed by atoms with Crippen LogP contribution in [0.5, 0.6) is 0 Å².